The Bertz CT molecular complexity index is 433. The summed E-state index contributed by atoms with van der Waals surface area (Å²) < 4.78 is 61.6. The fourth-order valence-electron chi connectivity index (χ4n) is 0.741. The third kappa shape index (κ3) is 7.63. The molecule has 0 aliphatic carbocycles. The van der Waals surface area contributed by atoms with Gasteiger partial charge in [-0.3, -0.25) is 4.79 Å². The van der Waals surface area contributed by atoms with Gasteiger partial charge in [-0.15, -0.1) is 0 Å². The molecule has 0 bridgehead atoms. The number of rotatable bonds is 8. The molecule has 1 N–H and O–H groups in total. The normalized spacial score (nSPS) is 20.5. The second kappa shape index (κ2) is 8.48. The number of hydrogen-bond donors (Lipinski definition) is 1. The molecular formula is C9H20NO3PS2. The molecule has 0 spiro atoms. The number of hydrogen-bond acceptors (Lipinski definition) is 5. The first kappa shape index (κ1) is 7.74. The van der Waals surface area contributed by atoms with E-state index in [-0.39, 0.29) is 19.0 Å². The van der Waals surface area contributed by atoms with E-state index in [0.29, 0.717) is 0 Å². The first-order valence-corrected chi connectivity index (χ1v) is 8.80. The zero-order valence-electron chi connectivity index (χ0n) is 16.1. The standard InChI is InChI=1S/C9H20NO3PS2/c1-5-12-14(15,13-6-2)16-7-9(11)10-8(3)4/h8H,5-7H2,1-4H3,(H,10,11)/i3D3,4D3,8D. The Labute approximate surface area is 117 Å². The predicted molar refractivity (Wildman–Crippen MR) is 73.3 cm³/mol. The van der Waals surface area contributed by atoms with Crippen LogP contribution >= 0.6 is 17.1 Å². The molecule has 0 aliphatic rings. The van der Waals surface area contributed by atoms with Crippen LogP contribution in [-0.4, -0.2) is 30.9 Å². The Morgan fingerprint density at radius 1 is 1.56 bits per heavy atom. The Morgan fingerprint density at radius 2 is 2.12 bits per heavy atom. The van der Waals surface area contributed by atoms with Crippen molar-refractivity contribution in [2.75, 3.05) is 19.0 Å². The monoisotopic (exact) mass is 292 g/mol. The molecule has 0 aromatic rings. The van der Waals surface area contributed by atoms with Gasteiger partial charge in [0.2, 0.25) is 11.6 Å². The van der Waals surface area contributed by atoms with Gasteiger partial charge in [0.1, 0.15) is 0 Å². The SMILES string of the molecule is [2H]C([2H])([2H])C([2H])(NC(=O)CSP(=S)(OCC)OCC)C([2H])([2H])[2H]. The molecule has 0 aromatic heterocycles. The van der Waals surface area contributed by atoms with Crippen molar-refractivity contribution < 1.29 is 23.4 Å². The summed E-state index contributed by atoms with van der Waals surface area (Å²) in [6, 6.07) is -3.10. The van der Waals surface area contributed by atoms with Gasteiger partial charge < -0.3 is 14.4 Å². The van der Waals surface area contributed by atoms with Gasteiger partial charge in [0.05, 0.1) is 20.3 Å². The number of nitrogens with one attached hydrogen (secondary N) is 1. The molecule has 0 saturated heterocycles. The Kier molecular flexibility index (Phi) is 4.10. The topological polar surface area (TPSA) is 47.6 Å². The summed E-state index contributed by atoms with van der Waals surface area (Å²) >= 11 is 6.05. The van der Waals surface area contributed by atoms with Crippen LogP contribution in [0.3, 0.4) is 0 Å². The molecule has 1 amide bonds. The molecule has 0 aromatic carbocycles. The third-order valence-electron chi connectivity index (χ3n) is 1.19. The van der Waals surface area contributed by atoms with Crippen molar-refractivity contribution in [3.63, 3.8) is 0 Å². The summed E-state index contributed by atoms with van der Waals surface area (Å²) in [5.74, 6) is -1.31. The van der Waals surface area contributed by atoms with E-state index in [2.05, 4.69) is 0 Å². The van der Waals surface area contributed by atoms with Crippen molar-refractivity contribution in [3.8, 4) is 0 Å². The van der Waals surface area contributed by atoms with Crippen LogP contribution in [0.25, 0.3) is 0 Å². The molecule has 96 valence electrons. The zero-order chi connectivity index (χ0) is 18.5. The number of amides is 1. The molecule has 4 nitrogen and oxygen atoms in total. The minimum Gasteiger partial charge on any atom is -0.353 e. The third-order valence-corrected chi connectivity index (χ3v) is 6.60. The Hall–Kier alpha value is 0.390. The molecule has 0 fully saturated rings. The maximum Gasteiger partial charge on any atom is 0.247 e. The van der Waals surface area contributed by atoms with E-state index in [1.54, 1.807) is 19.2 Å². The highest BCUT2D eigenvalue weighted by atomic mass is 32.9. The lowest BCUT2D eigenvalue weighted by Gasteiger charge is -2.19. The maximum atomic E-state index is 11.9. The second-order valence-corrected chi connectivity index (χ2v) is 8.79. The van der Waals surface area contributed by atoms with E-state index in [4.69, 9.17) is 30.4 Å². The molecule has 0 atom stereocenters. The summed E-state index contributed by atoms with van der Waals surface area (Å²) in [4.78, 5) is 11.9. The zero-order valence-corrected chi connectivity index (χ0v) is 11.6. The van der Waals surface area contributed by atoms with Gasteiger partial charge >= 0.3 is 0 Å². The fraction of sp³-hybridized carbons (Fsp3) is 0.889. The van der Waals surface area contributed by atoms with Gasteiger partial charge in [0.15, 0.2) is 0 Å². The Morgan fingerprint density at radius 3 is 2.56 bits per heavy atom. The van der Waals surface area contributed by atoms with Gasteiger partial charge in [0, 0.05) is 14.2 Å². The van der Waals surface area contributed by atoms with Crippen molar-refractivity contribution in [1.29, 1.82) is 0 Å². The lowest BCUT2D eigenvalue weighted by atomic mass is 10.4. The largest absolute Gasteiger partial charge is 0.353 e. The van der Waals surface area contributed by atoms with Crippen molar-refractivity contribution >= 4 is 34.8 Å². The highest BCUT2D eigenvalue weighted by Crippen LogP contribution is 2.60. The second-order valence-electron chi connectivity index (χ2n) is 2.48. The smallest absolute Gasteiger partial charge is 0.247 e. The highest BCUT2D eigenvalue weighted by molar-refractivity contribution is 8.68. The van der Waals surface area contributed by atoms with Crippen molar-refractivity contribution in [3.05, 3.63) is 0 Å². The van der Waals surface area contributed by atoms with E-state index >= 15 is 0 Å². The first-order valence-electron chi connectivity index (χ1n) is 8.07. The molecule has 0 aliphatic heterocycles. The first-order chi connectivity index (χ1) is 10.2. The maximum absolute atomic E-state index is 11.9. The summed E-state index contributed by atoms with van der Waals surface area (Å²) in [7, 11) is 0. The summed E-state index contributed by atoms with van der Waals surface area (Å²) in [6.07, 6.45) is 0. The lowest BCUT2D eigenvalue weighted by Crippen LogP contribution is -2.31. The van der Waals surface area contributed by atoms with Gasteiger partial charge in [-0.2, -0.15) is 0 Å². The van der Waals surface area contributed by atoms with Crippen molar-refractivity contribution in [1.82, 2.24) is 5.32 Å². The van der Waals surface area contributed by atoms with Crippen LogP contribution < -0.4 is 5.32 Å². The molecule has 0 radical (unpaired) electrons. The van der Waals surface area contributed by atoms with E-state index in [0.717, 1.165) is 11.4 Å². The van der Waals surface area contributed by atoms with E-state index in [9.17, 15) is 4.79 Å². The molecule has 0 saturated carbocycles. The molecule has 0 rings (SSSR count). The minimum atomic E-state index is -3.22. The van der Waals surface area contributed by atoms with Crippen LogP contribution in [0.2, 0.25) is 0 Å². The number of carbonyl (C=O) groups is 1. The lowest BCUT2D eigenvalue weighted by molar-refractivity contribution is -0.119. The predicted octanol–water partition coefficient (Wildman–Crippen LogP) is 2.54. The van der Waals surface area contributed by atoms with Crippen LogP contribution in [0.5, 0.6) is 0 Å². The average Bonchev–Trinajstić information content (AvgIpc) is 2.34. The van der Waals surface area contributed by atoms with Gasteiger partial charge in [-0.05, 0) is 39.4 Å². The van der Waals surface area contributed by atoms with E-state index in [1.807, 2.05) is 0 Å². The molecule has 7 heteroatoms. The van der Waals surface area contributed by atoms with Crippen LogP contribution in [0.4, 0.5) is 0 Å². The van der Waals surface area contributed by atoms with E-state index in [1.165, 1.54) is 0 Å². The number of carbonyl (C=O) groups excluding carboxylic acids is 1. The van der Waals surface area contributed by atoms with Crippen LogP contribution in [0, 0.1) is 0 Å². The average molecular weight is 292 g/mol. The minimum absolute atomic E-state index is 0.277. The van der Waals surface area contributed by atoms with Gasteiger partial charge in [-0.25, -0.2) is 0 Å². The molecular weight excluding hydrogens is 265 g/mol. The molecule has 16 heavy (non-hydrogen) atoms. The summed E-state index contributed by atoms with van der Waals surface area (Å²) in [6.45, 7) is -2.48. The molecule has 0 heterocycles. The van der Waals surface area contributed by atoms with Gasteiger partial charge in [-0.1, -0.05) is 11.4 Å². The molecule has 0 unspecified atom stereocenters. The Balaban J connectivity index is 5.02. The van der Waals surface area contributed by atoms with Gasteiger partial charge in [0.25, 0.3) is 0 Å². The summed E-state index contributed by atoms with van der Waals surface area (Å²) in [5.41, 5.74) is -2.77. The van der Waals surface area contributed by atoms with Crippen LogP contribution in [0.15, 0.2) is 0 Å². The highest BCUT2D eigenvalue weighted by Gasteiger charge is 2.20. The van der Waals surface area contributed by atoms with Crippen LogP contribution in [-0.2, 0) is 25.6 Å². The summed E-state index contributed by atoms with van der Waals surface area (Å²) in [5, 5.41) is 1.77. The van der Waals surface area contributed by atoms with Crippen LogP contribution in [0.1, 0.15) is 37.1 Å². The van der Waals surface area contributed by atoms with Crippen molar-refractivity contribution in [2.45, 2.75) is 33.6 Å². The quantitative estimate of drug-likeness (QED) is 0.697. The van der Waals surface area contributed by atoms with Crippen molar-refractivity contribution in [2.24, 2.45) is 0 Å². The fourth-order valence-corrected chi connectivity index (χ4v) is 4.96. The van der Waals surface area contributed by atoms with E-state index < -0.39 is 31.3 Å².